The molecule has 1 N–H and O–H groups in total. The van der Waals surface area contributed by atoms with Crippen molar-refractivity contribution in [3.05, 3.63) is 58.9 Å². The van der Waals surface area contributed by atoms with E-state index in [0.29, 0.717) is 23.6 Å². The van der Waals surface area contributed by atoms with Gasteiger partial charge in [-0.1, -0.05) is 0 Å². The summed E-state index contributed by atoms with van der Waals surface area (Å²) in [6.45, 7) is -0.000728. The third kappa shape index (κ3) is 2.39. The molecule has 3 rings (SSSR count). The van der Waals surface area contributed by atoms with Crippen molar-refractivity contribution < 1.29 is 32.5 Å². The summed E-state index contributed by atoms with van der Waals surface area (Å²) in [4.78, 5) is 12.2. The topological polar surface area (TPSA) is 55.8 Å². The Morgan fingerprint density at radius 1 is 1.09 bits per heavy atom. The van der Waals surface area contributed by atoms with Crippen LogP contribution in [0.5, 0.6) is 11.5 Å². The zero-order valence-electron chi connectivity index (χ0n) is 11.0. The van der Waals surface area contributed by atoms with Crippen molar-refractivity contribution in [1.82, 2.24) is 0 Å². The molecule has 0 aliphatic carbocycles. The molecule has 1 heterocycles. The summed E-state index contributed by atoms with van der Waals surface area (Å²) < 4.78 is 50.1. The van der Waals surface area contributed by atoms with Crippen LogP contribution in [0.4, 0.5) is 13.2 Å². The molecule has 7 heteroatoms. The lowest BCUT2D eigenvalue weighted by Crippen LogP contribution is -2.15. The monoisotopic (exact) mass is 310 g/mol. The van der Waals surface area contributed by atoms with Crippen LogP contribution >= 0.6 is 0 Å². The molecular formula is C15H9F3O4. The number of fused-ring (bicyclic) bond motifs is 1. The van der Waals surface area contributed by atoms with Gasteiger partial charge in [-0.05, 0) is 24.3 Å². The number of carbonyl (C=O) groups excluding carboxylic acids is 1. The predicted molar refractivity (Wildman–Crippen MR) is 68.2 cm³/mol. The Morgan fingerprint density at radius 3 is 2.59 bits per heavy atom. The molecule has 0 saturated carbocycles. The van der Waals surface area contributed by atoms with Gasteiger partial charge >= 0.3 is 0 Å². The second kappa shape index (κ2) is 5.34. The zero-order chi connectivity index (χ0) is 15.9. The van der Waals surface area contributed by atoms with Gasteiger partial charge in [0, 0.05) is 17.2 Å². The van der Waals surface area contributed by atoms with Crippen molar-refractivity contribution in [2.24, 2.45) is 0 Å². The lowest BCUT2D eigenvalue weighted by Gasteiger charge is -2.12. The zero-order valence-corrected chi connectivity index (χ0v) is 11.0. The highest BCUT2D eigenvalue weighted by Gasteiger charge is 2.26. The number of Topliss-reactive ketones (excluding diaryl/α,β-unsaturated/α-hetero) is 1. The quantitative estimate of drug-likeness (QED) is 0.699. The van der Waals surface area contributed by atoms with Gasteiger partial charge in [0.1, 0.15) is 11.9 Å². The first-order chi connectivity index (χ1) is 10.5. The average molecular weight is 310 g/mol. The summed E-state index contributed by atoms with van der Waals surface area (Å²) in [5.41, 5.74) is -0.763. The van der Waals surface area contributed by atoms with E-state index >= 15 is 0 Å². The Morgan fingerprint density at radius 2 is 1.82 bits per heavy atom. The van der Waals surface area contributed by atoms with Gasteiger partial charge in [-0.15, -0.1) is 0 Å². The molecule has 0 amide bonds. The minimum Gasteiger partial charge on any atom is -0.454 e. The van der Waals surface area contributed by atoms with Gasteiger partial charge < -0.3 is 14.6 Å². The SMILES string of the molecule is O=C(c1ccc2c(c1)OCO2)[C@H](O)c1cc(F)cc(F)c1F. The number of aliphatic hydroxyl groups is 1. The maximum atomic E-state index is 13.6. The maximum absolute atomic E-state index is 13.6. The molecule has 2 aromatic rings. The van der Waals surface area contributed by atoms with Gasteiger partial charge in [0.25, 0.3) is 0 Å². The number of carbonyl (C=O) groups is 1. The van der Waals surface area contributed by atoms with E-state index in [4.69, 9.17) is 9.47 Å². The summed E-state index contributed by atoms with van der Waals surface area (Å²) >= 11 is 0. The van der Waals surface area contributed by atoms with Crippen LogP contribution in [0.25, 0.3) is 0 Å². The molecule has 0 spiro atoms. The number of hydrogen-bond acceptors (Lipinski definition) is 4. The normalized spacial score (nSPS) is 14.0. The molecule has 0 saturated heterocycles. The van der Waals surface area contributed by atoms with Crippen LogP contribution in [-0.2, 0) is 0 Å². The van der Waals surface area contributed by atoms with Crippen molar-refractivity contribution in [2.75, 3.05) is 6.79 Å². The summed E-state index contributed by atoms with van der Waals surface area (Å²) in [5, 5.41) is 9.93. The van der Waals surface area contributed by atoms with Gasteiger partial charge in [0.15, 0.2) is 28.9 Å². The number of aliphatic hydroxyl groups excluding tert-OH is 1. The first-order valence-corrected chi connectivity index (χ1v) is 6.23. The standard InChI is InChI=1S/C15H9F3O4/c16-8-4-9(13(18)10(17)5-8)15(20)14(19)7-1-2-11-12(3-7)22-6-21-11/h1-5,15,20H,6H2/t15-/m1/s1. The fourth-order valence-electron chi connectivity index (χ4n) is 2.12. The lowest BCUT2D eigenvalue weighted by molar-refractivity contribution is 0.0738. The summed E-state index contributed by atoms with van der Waals surface area (Å²) in [5.74, 6) is -4.23. The van der Waals surface area contributed by atoms with Gasteiger partial charge in [0.05, 0.1) is 0 Å². The van der Waals surface area contributed by atoms with Crippen molar-refractivity contribution in [3.8, 4) is 11.5 Å². The smallest absolute Gasteiger partial charge is 0.231 e. The van der Waals surface area contributed by atoms with Crippen molar-refractivity contribution in [3.63, 3.8) is 0 Å². The van der Waals surface area contributed by atoms with Crippen molar-refractivity contribution in [1.29, 1.82) is 0 Å². The predicted octanol–water partition coefficient (Wildman–Crippen LogP) is 2.75. The van der Waals surface area contributed by atoms with E-state index < -0.39 is 34.9 Å². The molecule has 1 aliphatic rings. The molecule has 114 valence electrons. The Bertz CT molecular complexity index is 761. The second-order valence-electron chi connectivity index (χ2n) is 4.63. The Hall–Kier alpha value is -2.54. The number of ether oxygens (including phenoxy) is 2. The van der Waals surface area contributed by atoms with E-state index in [1.807, 2.05) is 0 Å². The molecular weight excluding hydrogens is 301 g/mol. The van der Waals surface area contributed by atoms with Crippen LogP contribution in [0, 0.1) is 17.5 Å². The van der Waals surface area contributed by atoms with Crippen LogP contribution in [-0.4, -0.2) is 17.7 Å². The second-order valence-corrected chi connectivity index (χ2v) is 4.63. The largest absolute Gasteiger partial charge is 0.454 e. The van der Waals surface area contributed by atoms with Gasteiger partial charge in [-0.25, -0.2) is 13.2 Å². The maximum Gasteiger partial charge on any atom is 0.231 e. The van der Waals surface area contributed by atoms with E-state index in [1.165, 1.54) is 18.2 Å². The Balaban J connectivity index is 1.95. The van der Waals surface area contributed by atoms with Crippen LogP contribution in [0.15, 0.2) is 30.3 Å². The van der Waals surface area contributed by atoms with Gasteiger partial charge in [-0.3, -0.25) is 4.79 Å². The molecule has 0 aromatic heterocycles. The van der Waals surface area contributed by atoms with Crippen LogP contribution in [0.2, 0.25) is 0 Å². The van der Waals surface area contributed by atoms with Crippen LogP contribution in [0.1, 0.15) is 22.0 Å². The first-order valence-electron chi connectivity index (χ1n) is 6.23. The molecule has 0 radical (unpaired) electrons. The highest BCUT2D eigenvalue weighted by atomic mass is 19.2. The Kier molecular flexibility index (Phi) is 3.50. The van der Waals surface area contributed by atoms with Gasteiger partial charge in [-0.2, -0.15) is 0 Å². The van der Waals surface area contributed by atoms with Crippen LogP contribution < -0.4 is 9.47 Å². The molecule has 2 aromatic carbocycles. The molecule has 22 heavy (non-hydrogen) atoms. The summed E-state index contributed by atoms with van der Waals surface area (Å²) in [6.07, 6.45) is -2.04. The van der Waals surface area contributed by atoms with E-state index in [9.17, 15) is 23.1 Å². The Labute approximate surface area is 122 Å². The van der Waals surface area contributed by atoms with Crippen LogP contribution in [0.3, 0.4) is 0 Å². The van der Waals surface area contributed by atoms with Crippen molar-refractivity contribution in [2.45, 2.75) is 6.10 Å². The number of ketones is 1. The molecule has 4 nitrogen and oxygen atoms in total. The van der Waals surface area contributed by atoms with E-state index in [-0.39, 0.29) is 12.4 Å². The fourth-order valence-corrected chi connectivity index (χ4v) is 2.12. The number of hydrogen-bond donors (Lipinski definition) is 1. The third-order valence-corrected chi connectivity index (χ3v) is 3.22. The minimum atomic E-state index is -2.04. The highest BCUT2D eigenvalue weighted by Crippen LogP contribution is 2.34. The van der Waals surface area contributed by atoms with Crippen molar-refractivity contribution >= 4 is 5.78 Å². The molecule has 0 fully saturated rings. The summed E-state index contributed by atoms with van der Waals surface area (Å²) in [6, 6.07) is 5.00. The highest BCUT2D eigenvalue weighted by molar-refractivity contribution is 6.00. The first kappa shape index (κ1) is 14.4. The molecule has 1 atom stereocenters. The van der Waals surface area contributed by atoms with E-state index in [1.54, 1.807) is 0 Å². The fraction of sp³-hybridized carbons (Fsp3) is 0.133. The van der Waals surface area contributed by atoms with E-state index in [0.717, 1.165) is 0 Å². The molecule has 0 bridgehead atoms. The van der Waals surface area contributed by atoms with E-state index in [2.05, 4.69) is 0 Å². The average Bonchev–Trinajstić information content (AvgIpc) is 2.96. The molecule has 0 unspecified atom stereocenters. The summed E-state index contributed by atoms with van der Waals surface area (Å²) in [7, 11) is 0. The number of benzene rings is 2. The minimum absolute atomic E-state index is 0.000728. The number of rotatable bonds is 3. The van der Waals surface area contributed by atoms with Gasteiger partial charge in [0.2, 0.25) is 6.79 Å². The molecule has 1 aliphatic heterocycles. The lowest BCUT2D eigenvalue weighted by atomic mass is 9.99. The third-order valence-electron chi connectivity index (χ3n) is 3.22. The number of halogens is 3.